The Balaban J connectivity index is 2.30. The van der Waals surface area contributed by atoms with Crippen molar-refractivity contribution in [3.05, 3.63) is 0 Å². The van der Waals surface area contributed by atoms with Gasteiger partial charge in [-0.05, 0) is 0 Å². The van der Waals surface area contributed by atoms with Crippen LogP contribution in [0.1, 0.15) is 0 Å². The van der Waals surface area contributed by atoms with Gasteiger partial charge in [-0.2, -0.15) is 0 Å². The summed E-state index contributed by atoms with van der Waals surface area (Å²) in [5.41, 5.74) is 0. The van der Waals surface area contributed by atoms with Crippen molar-refractivity contribution in [2.75, 3.05) is 47.8 Å². The number of hydrogen-bond acceptors (Lipinski definition) is 5. The average molecular weight is 220 g/mol. The van der Waals surface area contributed by atoms with Crippen molar-refractivity contribution in [2.45, 2.75) is 18.3 Å². The van der Waals surface area contributed by atoms with Crippen molar-refractivity contribution < 1.29 is 23.7 Å². The standard InChI is InChI=1S/C10H20O5/c1-11-4-8(5-12-2)15-10(6-13-3)9-7-14-9/h8-10H,4-7H2,1-3H3. The molecule has 5 heteroatoms. The minimum atomic E-state index is -0.0654. The van der Waals surface area contributed by atoms with Crippen LogP contribution in [0.4, 0.5) is 0 Å². The van der Waals surface area contributed by atoms with Crippen molar-refractivity contribution >= 4 is 0 Å². The second kappa shape index (κ2) is 7.14. The maximum atomic E-state index is 5.80. The molecule has 15 heavy (non-hydrogen) atoms. The minimum absolute atomic E-state index is 0.0229. The summed E-state index contributed by atoms with van der Waals surface area (Å²) in [6.45, 7) is 2.32. The highest BCUT2D eigenvalue weighted by Gasteiger charge is 2.35. The second-order valence-electron chi connectivity index (χ2n) is 3.53. The van der Waals surface area contributed by atoms with Crippen LogP contribution in [0.15, 0.2) is 0 Å². The molecule has 5 nitrogen and oxygen atoms in total. The fourth-order valence-electron chi connectivity index (χ4n) is 1.41. The summed E-state index contributed by atoms with van der Waals surface area (Å²) in [6.07, 6.45) is 0.0795. The molecule has 1 heterocycles. The van der Waals surface area contributed by atoms with Crippen molar-refractivity contribution in [3.63, 3.8) is 0 Å². The van der Waals surface area contributed by atoms with E-state index in [0.717, 1.165) is 6.61 Å². The predicted molar refractivity (Wildman–Crippen MR) is 54.0 cm³/mol. The molecule has 1 fully saturated rings. The normalized spacial score (nSPS) is 22.0. The Morgan fingerprint density at radius 1 is 1.07 bits per heavy atom. The molecule has 2 atom stereocenters. The molecule has 0 aromatic heterocycles. The Morgan fingerprint density at radius 2 is 1.60 bits per heavy atom. The van der Waals surface area contributed by atoms with Crippen molar-refractivity contribution in [1.29, 1.82) is 0 Å². The van der Waals surface area contributed by atoms with Gasteiger partial charge in [-0.1, -0.05) is 0 Å². The van der Waals surface area contributed by atoms with E-state index in [1.54, 1.807) is 21.3 Å². The second-order valence-corrected chi connectivity index (χ2v) is 3.53. The fraction of sp³-hybridized carbons (Fsp3) is 1.00. The number of ether oxygens (including phenoxy) is 5. The molecule has 2 unspecified atom stereocenters. The Hall–Kier alpha value is -0.200. The zero-order valence-electron chi connectivity index (χ0n) is 9.60. The van der Waals surface area contributed by atoms with Crippen LogP contribution in [-0.2, 0) is 23.7 Å². The molecule has 0 saturated carbocycles. The highest BCUT2D eigenvalue weighted by atomic mass is 16.6. The van der Waals surface area contributed by atoms with Crippen molar-refractivity contribution in [1.82, 2.24) is 0 Å². The van der Waals surface area contributed by atoms with Gasteiger partial charge < -0.3 is 23.7 Å². The number of methoxy groups -OCH3 is 3. The van der Waals surface area contributed by atoms with E-state index in [4.69, 9.17) is 23.7 Å². The van der Waals surface area contributed by atoms with E-state index in [1.807, 2.05) is 0 Å². The number of rotatable bonds is 9. The third-order valence-electron chi connectivity index (χ3n) is 2.18. The summed E-state index contributed by atoms with van der Waals surface area (Å²) < 4.78 is 26.2. The summed E-state index contributed by atoms with van der Waals surface area (Å²) in [5.74, 6) is 0. The monoisotopic (exact) mass is 220 g/mol. The van der Waals surface area contributed by atoms with E-state index in [0.29, 0.717) is 19.8 Å². The Morgan fingerprint density at radius 3 is 2.00 bits per heavy atom. The molecule has 1 aliphatic rings. The van der Waals surface area contributed by atoms with Gasteiger partial charge in [-0.25, -0.2) is 0 Å². The molecule has 0 N–H and O–H groups in total. The molecule has 0 aromatic rings. The first-order valence-electron chi connectivity index (χ1n) is 5.05. The van der Waals surface area contributed by atoms with Crippen LogP contribution < -0.4 is 0 Å². The molecule has 1 rings (SSSR count). The third-order valence-corrected chi connectivity index (χ3v) is 2.18. The predicted octanol–water partition coefficient (Wildman–Crippen LogP) is 0.0782. The van der Waals surface area contributed by atoms with Gasteiger partial charge in [-0.3, -0.25) is 0 Å². The topological polar surface area (TPSA) is 49.5 Å². The number of hydrogen-bond donors (Lipinski definition) is 0. The molecular formula is C10H20O5. The third kappa shape index (κ3) is 4.90. The Kier molecular flexibility index (Phi) is 6.12. The SMILES string of the molecule is COCC(COC)OC(COC)C1CO1. The van der Waals surface area contributed by atoms with Gasteiger partial charge in [-0.15, -0.1) is 0 Å². The lowest BCUT2D eigenvalue weighted by molar-refractivity contribution is -0.103. The van der Waals surface area contributed by atoms with E-state index in [9.17, 15) is 0 Å². The van der Waals surface area contributed by atoms with Gasteiger partial charge in [0, 0.05) is 21.3 Å². The van der Waals surface area contributed by atoms with E-state index >= 15 is 0 Å². The Bertz CT molecular complexity index is 154. The molecule has 0 amide bonds. The molecule has 0 radical (unpaired) electrons. The largest absolute Gasteiger partial charge is 0.382 e. The van der Waals surface area contributed by atoms with Gasteiger partial charge in [0.25, 0.3) is 0 Å². The van der Waals surface area contributed by atoms with Gasteiger partial charge in [0.05, 0.1) is 26.4 Å². The van der Waals surface area contributed by atoms with E-state index in [-0.39, 0.29) is 18.3 Å². The quantitative estimate of drug-likeness (QED) is 0.515. The molecule has 1 saturated heterocycles. The van der Waals surface area contributed by atoms with E-state index < -0.39 is 0 Å². The molecule has 0 aliphatic carbocycles. The van der Waals surface area contributed by atoms with E-state index in [2.05, 4.69) is 0 Å². The molecule has 0 bridgehead atoms. The van der Waals surface area contributed by atoms with Gasteiger partial charge >= 0.3 is 0 Å². The first kappa shape index (κ1) is 12.9. The number of epoxide rings is 1. The summed E-state index contributed by atoms with van der Waals surface area (Å²) in [5, 5.41) is 0. The smallest absolute Gasteiger partial charge is 0.110 e. The van der Waals surface area contributed by atoms with E-state index in [1.165, 1.54) is 0 Å². The fourth-order valence-corrected chi connectivity index (χ4v) is 1.41. The van der Waals surface area contributed by atoms with Crippen LogP contribution in [0, 0.1) is 0 Å². The zero-order chi connectivity index (χ0) is 11.1. The molecule has 0 spiro atoms. The van der Waals surface area contributed by atoms with Gasteiger partial charge in [0.1, 0.15) is 18.3 Å². The van der Waals surface area contributed by atoms with Crippen molar-refractivity contribution in [3.8, 4) is 0 Å². The molecule has 90 valence electrons. The maximum absolute atomic E-state index is 5.80. The lowest BCUT2D eigenvalue weighted by Crippen LogP contribution is -2.35. The molecule has 1 aliphatic heterocycles. The summed E-state index contributed by atoms with van der Waals surface area (Å²) in [6, 6.07) is 0. The maximum Gasteiger partial charge on any atom is 0.110 e. The zero-order valence-corrected chi connectivity index (χ0v) is 9.60. The summed E-state index contributed by atoms with van der Waals surface area (Å²) >= 11 is 0. The minimum Gasteiger partial charge on any atom is -0.382 e. The van der Waals surface area contributed by atoms with Crippen LogP contribution in [0.2, 0.25) is 0 Å². The van der Waals surface area contributed by atoms with Crippen LogP contribution in [-0.4, -0.2) is 66.1 Å². The van der Waals surface area contributed by atoms with Crippen molar-refractivity contribution in [2.24, 2.45) is 0 Å². The first-order valence-corrected chi connectivity index (χ1v) is 5.05. The lowest BCUT2D eigenvalue weighted by Gasteiger charge is -2.22. The van der Waals surface area contributed by atoms with Gasteiger partial charge in [0.15, 0.2) is 0 Å². The highest BCUT2D eigenvalue weighted by molar-refractivity contribution is 4.81. The van der Waals surface area contributed by atoms with Gasteiger partial charge in [0.2, 0.25) is 0 Å². The molecular weight excluding hydrogens is 200 g/mol. The lowest BCUT2D eigenvalue weighted by atomic mass is 10.2. The van der Waals surface area contributed by atoms with Crippen LogP contribution in [0.25, 0.3) is 0 Å². The first-order chi connectivity index (χ1) is 7.31. The van der Waals surface area contributed by atoms with Crippen LogP contribution in [0.5, 0.6) is 0 Å². The Labute approximate surface area is 90.6 Å². The van der Waals surface area contributed by atoms with Crippen LogP contribution >= 0.6 is 0 Å². The summed E-state index contributed by atoms with van der Waals surface area (Å²) in [4.78, 5) is 0. The average Bonchev–Trinajstić information content (AvgIpc) is 3.01. The summed E-state index contributed by atoms with van der Waals surface area (Å²) in [7, 11) is 4.94. The van der Waals surface area contributed by atoms with Crippen LogP contribution in [0.3, 0.4) is 0 Å². The molecule has 0 aromatic carbocycles. The highest BCUT2D eigenvalue weighted by Crippen LogP contribution is 2.19.